The molecular weight excluding hydrogens is 556 g/mol. The number of allylic oxidation sites excluding steroid dienone is 3. The molecule has 0 fully saturated rings. The zero-order valence-electron chi connectivity index (χ0n) is 19.5. The molecule has 0 amide bonds. The van der Waals surface area contributed by atoms with E-state index in [9.17, 15) is 13.2 Å². The lowest BCUT2D eigenvalue weighted by Gasteiger charge is -2.26. The summed E-state index contributed by atoms with van der Waals surface area (Å²) in [5.74, 6) is -1.11. The van der Waals surface area contributed by atoms with Crippen LogP contribution in [0.1, 0.15) is 40.0 Å². The molecule has 7 heteroatoms. The first-order valence-electron chi connectivity index (χ1n) is 11.8. The quantitative estimate of drug-likeness (QED) is 0.359. The summed E-state index contributed by atoms with van der Waals surface area (Å²) in [5.41, 5.74) is 10.5. The Hall–Kier alpha value is -2.74. The lowest BCUT2D eigenvalue weighted by molar-refractivity contribution is -0.136. The van der Waals surface area contributed by atoms with Crippen molar-refractivity contribution in [3.8, 4) is 11.1 Å². The maximum atomic E-state index is 11.1. The average Bonchev–Trinajstić information content (AvgIpc) is 3.31. The van der Waals surface area contributed by atoms with E-state index in [0.29, 0.717) is 0 Å². The van der Waals surface area contributed by atoms with Crippen molar-refractivity contribution in [3.63, 3.8) is 0 Å². The van der Waals surface area contributed by atoms with Gasteiger partial charge in [0.05, 0.1) is 15.5 Å². The van der Waals surface area contributed by atoms with Gasteiger partial charge < -0.3 is 5.11 Å². The molecule has 2 heterocycles. The number of sulfone groups is 1. The van der Waals surface area contributed by atoms with E-state index < -0.39 is 21.1 Å². The third-order valence-corrected chi connectivity index (χ3v) is 10.2. The van der Waals surface area contributed by atoms with Crippen LogP contribution in [0.3, 0.4) is 0 Å². The summed E-state index contributed by atoms with van der Waals surface area (Å²) in [6, 6.07) is 18.0. The van der Waals surface area contributed by atoms with Crippen LogP contribution in [0.4, 0.5) is 0 Å². The summed E-state index contributed by atoms with van der Waals surface area (Å²) in [4.78, 5) is 11.6. The predicted octanol–water partition coefficient (Wildman–Crippen LogP) is 7.09. The summed E-state index contributed by atoms with van der Waals surface area (Å²) in [6.45, 7) is 0. The minimum Gasteiger partial charge on any atom is -0.481 e. The Kier molecular flexibility index (Phi) is 7.15. The van der Waals surface area contributed by atoms with Crippen molar-refractivity contribution in [2.45, 2.75) is 37.4 Å². The molecule has 1 aromatic heterocycles. The highest BCUT2D eigenvalue weighted by Gasteiger charge is 2.24. The van der Waals surface area contributed by atoms with Crippen LogP contribution in [-0.2, 0) is 33.9 Å². The van der Waals surface area contributed by atoms with Gasteiger partial charge in [0.15, 0.2) is 9.84 Å². The molecule has 0 bridgehead atoms. The molecule has 0 saturated carbocycles. The first-order valence-corrected chi connectivity index (χ1v) is 15.0. The van der Waals surface area contributed by atoms with Gasteiger partial charge in [0, 0.05) is 10.3 Å². The molecule has 36 heavy (non-hydrogen) atoms. The first-order chi connectivity index (χ1) is 17.3. The fourth-order valence-corrected chi connectivity index (χ4v) is 7.68. The van der Waals surface area contributed by atoms with Gasteiger partial charge in [-0.3, -0.25) is 4.79 Å². The lowest BCUT2D eigenvalue weighted by atomic mass is 9.78. The van der Waals surface area contributed by atoms with Crippen molar-refractivity contribution in [1.29, 1.82) is 0 Å². The molecule has 1 N–H and O–H groups in total. The molecular formula is C29H25BrO4S2. The zero-order valence-corrected chi connectivity index (χ0v) is 22.7. The van der Waals surface area contributed by atoms with Crippen molar-refractivity contribution in [3.05, 3.63) is 103 Å². The van der Waals surface area contributed by atoms with E-state index >= 15 is 0 Å². The SMILES string of the molecule is Brc1ccc(C2=Cc3ccc4c(c3CC2)CCc2ccccc2-4)s1.O=C(O)CC1C=CC=CS1(=O)=O. The van der Waals surface area contributed by atoms with Crippen LogP contribution in [0.25, 0.3) is 22.8 Å². The lowest BCUT2D eigenvalue weighted by Crippen LogP contribution is -2.21. The number of thiophene rings is 1. The molecule has 2 aromatic carbocycles. The molecule has 2 aliphatic carbocycles. The van der Waals surface area contributed by atoms with Gasteiger partial charge in [-0.1, -0.05) is 60.7 Å². The number of halogens is 1. The number of hydrogen-bond acceptors (Lipinski definition) is 4. The van der Waals surface area contributed by atoms with Crippen LogP contribution in [0.2, 0.25) is 0 Å². The number of fused-ring (bicyclic) bond motifs is 5. The average molecular weight is 582 g/mol. The van der Waals surface area contributed by atoms with E-state index in [4.69, 9.17) is 5.11 Å². The molecule has 3 aromatic rings. The van der Waals surface area contributed by atoms with Gasteiger partial charge in [-0.05, 0) is 92.7 Å². The van der Waals surface area contributed by atoms with Gasteiger partial charge in [0.2, 0.25) is 0 Å². The van der Waals surface area contributed by atoms with Crippen molar-refractivity contribution < 1.29 is 18.3 Å². The minimum atomic E-state index is -3.37. The maximum absolute atomic E-state index is 11.1. The Bertz CT molecular complexity index is 1530. The van der Waals surface area contributed by atoms with Crippen LogP contribution in [0.5, 0.6) is 0 Å². The van der Waals surface area contributed by atoms with Gasteiger partial charge >= 0.3 is 5.97 Å². The second-order valence-corrected chi connectivity index (χ2v) is 13.5. The summed E-state index contributed by atoms with van der Waals surface area (Å²) in [6.07, 6.45) is 11.0. The zero-order chi connectivity index (χ0) is 25.3. The number of carboxylic acid groups (broad SMARTS) is 1. The summed E-state index contributed by atoms with van der Waals surface area (Å²) >= 11 is 5.42. The molecule has 0 saturated heterocycles. The van der Waals surface area contributed by atoms with Crippen molar-refractivity contribution in [2.75, 3.05) is 0 Å². The Morgan fingerprint density at radius 1 is 0.944 bits per heavy atom. The predicted molar refractivity (Wildman–Crippen MR) is 151 cm³/mol. The molecule has 0 radical (unpaired) electrons. The van der Waals surface area contributed by atoms with Crippen molar-refractivity contribution in [1.82, 2.24) is 0 Å². The molecule has 0 spiro atoms. The van der Waals surface area contributed by atoms with E-state index in [2.05, 4.69) is 70.5 Å². The van der Waals surface area contributed by atoms with E-state index in [-0.39, 0.29) is 6.42 Å². The largest absolute Gasteiger partial charge is 0.481 e. The number of hydrogen-bond donors (Lipinski definition) is 1. The van der Waals surface area contributed by atoms with Gasteiger partial charge in [-0.15, -0.1) is 11.3 Å². The smallest absolute Gasteiger partial charge is 0.305 e. The standard InChI is InChI=1S/C22H17BrS.C7H8O4S/c23-22-12-11-21(24-22)16-7-8-18-15(13-16)6-10-19-17-4-2-1-3-14(17)5-9-20(18)19;8-7(9)5-6-3-1-2-4-12(6,10)11/h1-4,6,10-13H,5,7-9H2;1-4,6H,5H2,(H,8,9). The van der Waals surface area contributed by atoms with Gasteiger partial charge in [-0.2, -0.15) is 0 Å². The maximum Gasteiger partial charge on any atom is 0.305 e. The third-order valence-electron chi connectivity index (χ3n) is 6.79. The second-order valence-electron chi connectivity index (χ2n) is 9.03. The highest BCUT2D eigenvalue weighted by Crippen LogP contribution is 2.41. The summed E-state index contributed by atoms with van der Waals surface area (Å²) < 4.78 is 23.4. The van der Waals surface area contributed by atoms with E-state index in [1.807, 2.05) is 11.3 Å². The molecule has 1 unspecified atom stereocenters. The third kappa shape index (κ3) is 5.19. The molecule has 184 valence electrons. The fourth-order valence-electron chi connectivity index (χ4n) is 5.05. The highest BCUT2D eigenvalue weighted by atomic mass is 79.9. The normalized spacial score (nSPS) is 18.7. The van der Waals surface area contributed by atoms with Crippen molar-refractivity contribution in [2.24, 2.45) is 0 Å². The van der Waals surface area contributed by atoms with Crippen LogP contribution in [0.15, 0.2) is 76.0 Å². The Labute approximate surface area is 223 Å². The molecule has 1 aliphatic heterocycles. The van der Waals surface area contributed by atoms with E-state index in [0.717, 1.165) is 11.8 Å². The molecule has 6 rings (SSSR count). The Morgan fingerprint density at radius 3 is 2.50 bits per heavy atom. The van der Waals surface area contributed by atoms with Crippen LogP contribution < -0.4 is 0 Å². The fraction of sp³-hybridized carbons (Fsp3) is 0.207. The van der Waals surface area contributed by atoms with E-state index in [1.54, 1.807) is 11.1 Å². The van der Waals surface area contributed by atoms with Crippen LogP contribution >= 0.6 is 27.3 Å². The van der Waals surface area contributed by atoms with Crippen LogP contribution in [0, 0.1) is 0 Å². The number of rotatable bonds is 3. The first kappa shape index (κ1) is 24.9. The summed E-state index contributed by atoms with van der Waals surface area (Å²) in [5, 5.41) is 8.50. The number of aliphatic carboxylic acids is 1. The number of carbonyl (C=O) groups is 1. The molecule has 4 nitrogen and oxygen atoms in total. The van der Waals surface area contributed by atoms with Crippen molar-refractivity contribution >= 4 is 54.7 Å². The Morgan fingerprint density at radius 2 is 1.75 bits per heavy atom. The van der Waals surface area contributed by atoms with Gasteiger partial charge in [0.25, 0.3) is 0 Å². The van der Waals surface area contributed by atoms with Gasteiger partial charge in [0.1, 0.15) is 0 Å². The topological polar surface area (TPSA) is 71.4 Å². The second kappa shape index (κ2) is 10.3. The number of aryl methyl sites for hydroxylation is 1. The molecule has 1 atom stereocenters. The van der Waals surface area contributed by atoms with Crippen LogP contribution in [-0.4, -0.2) is 24.7 Å². The Balaban J connectivity index is 0.000000189. The number of benzene rings is 2. The van der Waals surface area contributed by atoms with Gasteiger partial charge in [-0.25, -0.2) is 8.42 Å². The monoisotopic (exact) mass is 580 g/mol. The van der Waals surface area contributed by atoms with E-state index in [1.165, 1.54) is 74.0 Å². The molecule has 3 aliphatic rings. The highest BCUT2D eigenvalue weighted by molar-refractivity contribution is 9.11. The summed E-state index contributed by atoms with van der Waals surface area (Å²) in [7, 11) is -3.37. The number of carboxylic acids is 1. The minimum absolute atomic E-state index is 0.372.